The van der Waals surface area contributed by atoms with E-state index in [1.165, 1.54) is 0 Å². The fourth-order valence-corrected chi connectivity index (χ4v) is 2.99. The van der Waals surface area contributed by atoms with Gasteiger partial charge in [0, 0.05) is 16.9 Å². The van der Waals surface area contributed by atoms with Crippen LogP contribution in [0.3, 0.4) is 0 Å². The molecule has 1 unspecified atom stereocenters. The van der Waals surface area contributed by atoms with Crippen LogP contribution in [-0.4, -0.2) is 14.5 Å². The number of nitrogens with one attached hydrogen (secondary N) is 1. The van der Waals surface area contributed by atoms with E-state index in [0.717, 1.165) is 25.8 Å². The molecule has 19 heavy (non-hydrogen) atoms. The summed E-state index contributed by atoms with van der Waals surface area (Å²) < 4.78 is 3.88. The summed E-state index contributed by atoms with van der Waals surface area (Å²) in [6.45, 7) is 2.13. The standard InChI is InChI=1S/C14H12BrN3S/c1-9(10-3-2-6-16-8-10)18-13-5-4-11(15)7-12(13)17-14(18)19/h2-9H,1H3,(H,17,19). The molecule has 0 fully saturated rings. The third-order valence-electron chi connectivity index (χ3n) is 3.23. The maximum Gasteiger partial charge on any atom is 0.178 e. The van der Waals surface area contributed by atoms with Crippen molar-refractivity contribution < 1.29 is 0 Å². The molecule has 96 valence electrons. The number of aromatic amines is 1. The van der Waals surface area contributed by atoms with Crippen molar-refractivity contribution >= 4 is 39.2 Å². The van der Waals surface area contributed by atoms with Gasteiger partial charge >= 0.3 is 0 Å². The molecule has 0 aliphatic rings. The van der Waals surface area contributed by atoms with Crippen molar-refractivity contribution in [2.24, 2.45) is 0 Å². The van der Waals surface area contributed by atoms with Crippen LogP contribution < -0.4 is 0 Å². The molecule has 0 radical (unpaired) electrons. The monoisotopic (exact) mass is 333 g/mol. The van der Waals surface area contributed by atoms with Crippen LogP contribution in [-0.2, 0) is 0 Å². The van der Waals surface area contributed by atoms with Crippen molar-refractivity contribution in [2.45, 2.75) is 13.0 Å². The SMILES string of the molecule is CC(c1cccnc1)n1c(=S)[nH]c2cc(Br)ccc21. The molecule has 2 aromatic heterocycles. The highest BCUT2D eigenvalue weighted by Crippen LogP contribution is 2.25. The van der Waals surface area contributed by atoms with E-state index in [0.29, 0.717) is 0 Å². The van der Waals surface area contributed by atoms with Gasteiger partial charge in [-0.15, -0.1) is 0 Å². The van der Waals surface area contributed by atoms with E-state index in [-0.39, 0.29) is 6.04 Å². The molecule has 0 saturated heterocycles. The van der Waals surface area contributed by atoms with Gasteiger partial charge in [-0.2, -0.15) is 0 Å². The number of rotatable bonds is 2. The van der Waals surface area contributed by atoms with Gasteiger partial charge in [0.15, 0.2) is 4.77 Å². The van der Waals surface area contributed by atoms with Gasteiger partial charge in [0.25, 0.3) is 0 Å². The van der Waals surface area contributed by atoms with E-state index in [2.05, 4.69) is 49.5 Å². The van der Waals surface area contributed by atoms with Crippen LogP contribution in [0.5, 0.6) is 0 Å². The zero-order valence-corrected chi connectivity index (χ0v) is 12.7. The molecule has 0 aliphatic heterocycles. The third-order valence-corrected chi connectivity index (χ3v) is 4.02. The highest BCUT2D eigenvalue weighted by molar-refractivity contribution is 9.10. The molecule has 2 heterocycles. The predicted molar refractivity (Wildman–Crippen MR) is 82.9 cm³/mol. The molecule has 0 spiro atoms. The zero-order chi connectivity index (χ0) is 13.4. The van der Waals surface area contributed by atoms with E-state index in [1.54, 1.807) is 6.20 Å². The minimum Gasteiger partial charge on any atom is -0.331 e. The number of aromatic nitrogens is 3. The van der Waals surface area contributed by atoms with Gasteiger partial charge in [-0.05, 0) is 49.0 Å². The molecular formula is C14H12BrN3S. The lowest BCUT2D eigenvalue weighted by Crippen LogP contribution is -2.06. The Bertz CT molecular complexity index is 776. The highest BCUT2D eigenvalue weighted by Gasteiger charge is 2.13. The van der Waals surface area contributed by atoms with Gasteiger partial charge in [-0.1, -0.05) is 22.0 Å². The smallest absolute Gasteiger partial charge is 0.178 e. The highest BCUT2D eigenvalue weighted by atomic mass is 79.9. The van der Waals surface area contributed by atoms with Gasteiger partial charge in [0.1, 0.15) is 0 Å². The van der Waals surface area contributed by atoms with Crippen molar-refractivity contribution in [3.05, 3.63) is 57.5 Å². The predicted octanol–water partition coefficient (Wildman–Crippen LogP) is 4.47. The first-order valence-electron chi connectivity index (χ1n) is 5.96. The number of pyridine rings is 1. The van der Waals surface area contributed by atoms with Crippen molar-refractivity contribution in [2.75, 3.05) is 0 Å². The van der Waals surface area contributed by atoms with Crippen LogP contribution in [0.1, 0.15) is 18.5 Å². The summed E-state index contributed by atoms with van der Waals surface area (Å²) in [5, 5.41) is 0. The van der Waals surface area contributed by atoms with Crippen molar-refractivity contribution in [3.8, 4) is 0 Å². The van der Waals surface area contributed by atoms with Crippen LogP contribution in [0.2, 0.25) is 0 Å². The van der Waals surface area contributed by atoms with Crippen LogP contribution in [0, 0.1) is 4.77 Å². The number of nitrogens with zero attached hydrogens (tertiary/aromatic N) is 2. The van der Waals surface area contributed by atoms with E-state index in [9.17, 15) is 0 Å². The van der Waals surface area contributed by atoms with Gasteiger partial charge < -0.3 is 9.55 Å². The van der Waals surface area contributed by atoms with Crippen LogP contribution in [0.4, 0.5) is 0 Å². The Balaban J connectivity index is 2.20. The first-order chi connectivity index (χ1) is 9.16. The van der Waals surface area contributed by atoms with E-state index in [1.807, 2.05) is 24.4 Å². The summed E-state index contributed by atoms with van der Waals surface area (Å²) in [6.07, 6.45) is 3.66. The second-order valence-electron chi connectivity index (χ2n) is 4.42. The topological polar surface area (TPSA) is 33.6 Å². The second kappa shape index (κ2) is 4.90. The molecule has 3 rings (SSSR count). The van der Waals surface area contributed by atoms with Crippen molar-refractivity contribution in [1.82, 2.24) is 14.5 Å². The fourth-order valence-electron chi connectivity index (χ4n) is 2.26. The van der Waals surface area contributed by atoms with E-state index in [4.69, 9.17) is 12.2 Å². The summed E-state index contributed by atoms with van der Waals surface area (Å²) in [6, 6.07) is 10.3. The molecule has 0 saturated carbocycles. The molecule has 0 bridgehead atoms. The van der Waals surface area contributed by atoms with E-state index >= 15 is 0 Å². The quantitative estimate of drug-likeness (QED) is 0.702. The summed E-state index contributed by atoms with van der Waals surface area (Å²) in [5.74, 6) is 0. The normalized spacial score (nSPS) is 12.7. The number of hydrogen-bond acceptors (Lipinski definition) is 2. The number of benzene rings is 1. The van der Waals surface area contributed by atoms with Gasteiger partial charge in [-0.3, -0.25) is 4.98 Å². The van der Waals surface area contributed by atoms with Crippen molar-refractivity contribution in [1.29, 1.82) is 0 Å². The first-order valence-corrected chi connectivity index (χ1v) is 7.16. The molecule has 5 heteroatoms. The Morgan fingerprint density at radius 2 is 2.21 bits per heavy atom. The fraction of sp³-hybridized carbons (Fsp3) is 0.143. The Morgan fingerprint density at radius 1 is 1.37 bits per heavy atom. The van der Waals surface area contributed by atoms with Crippen LogP contribution in [0.15, 0.2) is 47.2 Å². The lowest BCUT2D eigenvalue weighted by atomic mass is 10.1. The lowest BCUT2D eigenvalue weighted by molar-refractivity contribution is 0.646. The largest absolute Gasteiger partial charge is 0.331 e. The van der Waals surface area contributed by atoms with Gasteiger partial charge in [-0.25, -0.2) is 0 Å². The first kappa shape index (κ1) is 12.6. The number of fused-ring (bicyclic) bond motifs is 1. The zero-order valence-electron chi connectivity index (χ0n) is 10.3. The molecular weight excluding hydrogens is 322 g/mol. The number of halogens is 1. The van der Waals surface area contributed by atoms with Crippen LogP contribution >= 0.6 is 28.1 Å². The molecule has 1 aromatic carbocycles. The maximum absolute atomic E-state index is 5.44. The summed E-state index contributed by atoms with van der Waals surface area (Å²) in [4.78, 5) is 7.42. The second-order valence-corrected chi connectivity index (χ2v) is 5.73. The number of imidazole rings is 1. The van der Waals surface area contributed by atoms with Gasteiger partial charge in [0.2, 0.25) is 0 Å². The van der Waals surface area contributed by atoms with Crippen molar-refractivity contribution in [3.63, 3.8) is 0 Å². The Kier molecular flexibility index (Phi) is 3.24. The average molecular weight is 334 g/mol. The molecule has 1 N–H and O–H groups in total. The molecule has 3 nitrogen and oxygen atoms in total. The Morgan fingerprint density at radius 3 is 2.95 bits per heavy atom. The lowest BCUT2D eigenvalue weighted by Gasteiger charge is -2.14. The minimum absolute atomic E-state index is 0.149. The summed E-state index contributed by atoms with van der Waals surface area (Å²) >= 11 is 8.92. The van der Waals surface area contributed by atoms with E-state index < -0.39 is 0 Å². The molecule has 3 aromatic rings. The van der Waals surface area contributed by atoms with Gasteiger partial charge in [0.05, 0.1) is 17.1 Å². The molecule has 0 amide bonds. The molecule has 0 aliphatic carbocycles. The number of hydrogen-bond donors (Lipinski definition) is 1. The van der Waals surface area contributed by atoms with Crippen LogP contribution in [0.25, 0.3) is 11.0 Å². The Hall–Kier alpha value is -1.46. The number of H-pyrrole nitrogens is 1. The molecule has 1 atom stereocenters. The summed E-state index contributed by atoms with van der Waals surface area (Å²) in [7, 11) is 0. The third kappa shape index (κ3) is 2.24. The summed E-state index contributed by atoms with van der Waals surface area (Å²) in [5.41, 5.74) is 3.28. The minimum atomic E-state index is 0.149. The average Bonchev–Trinajstić information content (AvgIpc) is 2.74. The maximum atomic E-state index is 5.44. The Labute approximate surface area is 124 Å².